The molecule has 0 saturated carbocycles. The molecule has 0 aromatic heterocycles. The lowest BCUT2D eigenvalue weighted by Gasteiger charge is -2.33. The zero-order valence-corrected chi connectivity index (χ0v) is 23.5. The van der Waals surface area contributed by atoms with Gasteiger partial charge < -0.3 is 25.0 Å². The van der Waals surface area contributed by atoms with Crippen LogP contribution in [0.1, 0.15) is 63.8 Å². The van der Waals surface area contributed by atoms with E-state index in [0.29, 0.717) is 23.4 Å². The highest BCUT2D eigenvalue weighted by atomic mass is 16.6. The van der Waals surface area contributed by atoms with E-state index in [1.165, 1.54) is 4.90 Å². The first kappa shape index (κ1) is 29.7. The Kier molecular flexibility index (Phi) is 10.1. The van der Waals surface area contributed by atoms with Gasteiger partial charge in [0.05, 0.1) is 7.11 Å². The second-order valence-corrected chi connectivity index (χ2v) is 10.8. The van der Waals surface area contributed by atoms with Crippen LogP contribution in [0, 0.1) is 19.8 Å². The molecule has 8 nitrogen and oxygen atoms in total. The molecule has 0 saturated heterocycles. The molecule has 2 aromatic rings. The largest absolute Gasteiger partial charge is 0.497 e. The van der Waals surface area contributed by atoms with Crippen LogP contribution in [0.2, 0.25) is 0 Å². The summed E-state index contributed by atoms with van der Waals surface area (Å²) in [5, 5.41) is 5.65. The Bertz CT molecular complexity index is 1090. The van der Waals surface area contributed by atoms with Crippen LogP contribution in [0.15, 0.2) is 42.5 Å². The van der Waals surface area contributed by atoms with Crippen molar-refractivity contribution in [2.24, 2.45) is 5.92 Å². The first-order valence-electron chi connectivity index (χ1n) is 12.5. The molecule has 3 amide bonds. The highest BCUT2D eigenvalue weighted by molar-refractivity contribution is 5.99. The van der Waals surface area contributed by atoms with Crippen molar-refractivity contribution in [2.75, 3.05) is 19.5 Å². The van der Waals surface area contributed by atoms with Gasteiger partial charge in [0.25, 0.3) is 5.91 Å². The van der Waals surface area contributed by atoms with Crippen LogP contribution < -0.4 is 15.4 Å². The van der Waals surface area contributed by atoms with Crippen molar-refractivity contribution < 1.29 is 23.9 Å². The molecule has 0 heterocycles. The topological polar surface area (TPSA) is 97.0 Å². The van der Waals surface area contributed by atoms with Gasteiger partial charge in [-0.25, -0.2) is 4.79 Å². The zero-order chi connectivity index (χ0) is 27.9. The molecule has 0 fully saturated rings. The van der Waals surface area contributed by atoms with Crippen molar-refractivity contribution in [2.45, 2.75) is 72.6 Å². The molecule has 2 unspecified atom stereocenters. The first-order chi connectivity index (χ1) is 17.2. The maximum Gasteiger partial charge on any atom is 0.408 e. The molecular weight excluding hydrogens is 470 g/mol. The highest BCUT2D eigenvalue weighted by Gasteiger charge is 2.35. The van der Waals surface area contributed by atoms with E-state index in [2.05, 4.69) is 10.6 Å². The summed E-state index contributed by atoms with van der Waals surface area (Å²) in [5.41, 5.74) is 2.42. The minimum Gasteiger partial charge on any atom is -0.497 e. The lowest BCUT2D eigenvalue weighted by atomic mass is 9.95. The number of ether oxygens (including phenoxy) is 2. The number of nitrogens with one attached hydrogen (secondary N) is 2. The molecule has 2 rings (SSSR count). The van der Waals surface area contributed by atoms with Gasteiger partial charge in [-0.3, -0.25) is 9.59 Å². The predicted octanol–water partition coefficient (Wildman–Crippen LogP) is 5.39. The van der Waals surface area contributed by atoms with Crippen molar-refractivity contribution in [3.05, 3.63) is 59.2 Å². The summed E-state index contributed by atoms with van der Waals surface area (Å²) in [6.45, 7) is 13.1. The molecule has 8 heteroatoms. The fraction of sp³-hybridized carbons (Fsp3) is 0.483. The number of hydrogen-bond donors (Lipinski definition) is 2. The second kappa shape index (κ2) is 12.6. The summed E-state index contributed by atoms with van der Waals surface area (Å²) >= 11 is 0. The fourth-order valence-corrected chi connectivity index (χ4v) is 3.98. The number of carbonyl (C=O) groups excluding carboxylic acids is 3. The predicted molar refractivity (Wildman–Crippen MR) is 146 cm³/mol. The number of aryl methyl sites for hydroxylation is 2. The number of methoxy groups -OCH3 is 1. The monoisotopic (exact) mass is 511 g/mol. The van der Waals surface area contributed by atoms with E-state index < -0.39 is 23.8 Å². The number of carbonyl (C=O) groups is 3. The number of likely N-dealkylation sites (N-methyl/N-ethyl adjacent to an activating group) is 1. The maximum atomic E-state index is 13.8. The summed E-state index contributed by atoms with van der Waals surface area (Å²) in [6, 6.07) is 11.0. The Morgan fingerprint density at radius 3 is 2.16 bits per heavy atom. The lowest BCUT2D eigenvalue weighted by Crippen LogP contribution is -2.51. The van der Waals surface area contributed by atoms with Crippen LogP contribution in [0.3, 0.4) is 0 Å². The Balaban J connectivity index is 2.42. The van der Waals surface area contributed by atoms with Gasteiger partial charge in [-0.1, -0.05) is 37.6 Å². The molecule has 0 aliphatic carbocycles. The number of rotatable bonds is 9. The van der Waals surface area contributed by atoms with Crippen LogP contribution in [-0.2, 0) is 14.3 Å². The van der Waals surface area contributed by atoms with Crippen molar-refractivity contribution in [1.82, 2.24) is 10.2 Å². The van der Waals surface area contributed by atoms with E-state index in [-0.39, 0.29) is 17.7 Å². The molecule has 0 aliphatic rings. The molecule has 2 atom stereocenters. The SMILES string of the molecule is COc1ccc(NC(=O)C(c2cc(C)ccc2C)N(C)C(=O)C(CC(C)C)NC(=O)OC(C)(C)C)cc1. The average molecular weight is 512 g/mol. The summed E-state index contributed by atoms with van der Waals surface area (Å²) < 4.78 is 10.6. The summed E-state index contributed by atoms with van der Waals surface area (Å²) in [7, 11) is 3.16. The molecule has 202 valence electrons. The molecule has 2 aromatic carbocycles. The lowest BCUT2D eigenvalue weighted by molar-refractivity contribution is -0.139. The number of anilines is 1. The van der Waals surface area contributed by atoms with Crippen molar-refractivity contribution in [3.8, 4) is 5.75 Å². The Labute approximate surface area is 220 Å². The number of nitrogens with zero attached hydrogens (tertiary/aromatic N) is 1. The van der Waals surface area contributed by atoms with Crippen LogP contribution >= 0.6 is 0 Å². The minimum atomic E-state index is -0.926. The first-order valence-corrected chi connectivity index (χ1v) is 12.5. The fourth-order valence-electron chi connectivity index (χ4n) is 3.98. The average Bonchev–Trinajstić information content (AvgIpc) is 2.79. The van der Waals surface area contributed by atoms with Crippen molar-refractivity contribution in [3.63, 3.8) is 0 Å². The molecule has 0 bridgehead atoms. The standard InChI is InChI=1S/C29H41N3O5/c1-18(2)16-24(31-28(35)37-29(5,6)7)27(34)32(8)25(23-17-19(3)10-11-20(23)4)26(33)30-21-12-14-22(36-9)15-13-21/h10-15,17-18,24-25H,16H2,1-9H3,(H,30,33)(H,31,35). The van der Waals surface area contributed by atoms with Crippen LogP contribution in [0.5, 0.6) is 5.75 Å². The van der Waals surface area contributed by atoms with E-state index in [0.717, 1.165) is 11.1 Å². The molecule has 0 spiro atoms. The molecule has 2 N–H and O–H groups in total. The van der Waals surface area contributed by atoms with Gasteiger partial charge in [-0.2, -0.15) is 0 Å². The Morgan fingerprint density at radius 2 is 1.62 bits per heavy atom. The summed E-state index contributed by atoms with van der Waals surface area (Å²) in [4.78, 5) is 41.4. The van der Waals surface area contributed by atoms with Gasteiger partial charge in [0.2, 0.25) is 5.91 Å². The van der Waals surface area contributed by atoms with E-state index in [1.54, 1.807) is 59.2 Å². The molecular formula is C29H41N3O5. The number of hydrogen-bond acceptors (Lipinski definition) is 5. The smallest absolute Gasteiger partial charge is 0.408 e. The number of amides is 3. The van der Waals surface area contributed by atoms with Gasteiger partial charge in [-0.15, -0.1) is 0 Å². The normalized spacial score (nSPS) is 12.9. The summed E-state index contributed by atoms with van der Waals surface area (Å²) in [6.07, 6.45) is -0.284. The van der Waals surface area contributed by atoms with Gasteiger partial charge in [-0.05, 0) is 82.3 Å². The van der Waals surface area contributed by atoms with E-state index in [9.17, 15) is 14.4 Å². The quantitative estimate of drug-likeness (QED) is 0.471. The van der Waals surface area contributed by atoms with Crippen LogP contribution in [-0.4, -0.2) is 48.6 Å². The van der Waals surface area contributed by atoms with Gasteiger partial charge in [0, 0.05) is 12.7 Å². The Morgan fingerprint density at radius 1 is 1.00 bits per heavy atom. The van der Waals surface area contributed by atoms with E-state index >= 15 is 0 Å². The van der Waals surface area contributed by atoms with Crippen LogP contribution in [0.4, 0.5) is 10.5 Å². The Hall–Kier alpha value is -3.55. The maximum absolute atomic E-state index is 13.8. The molecule has 37 heavy (non-hydrogen) atoms. The molecule has 0 radical (unpaired) electrons. The number of benzene rings is 2. The third-order valence-electron chi connectivity index (χ3n) is 5.77. The molecule has 0 aliphatic heterocycles. The van der Waals surface area contributed by atoms with E-state index in [4.69, 9.17) is 9.47 Å². The van der Waals surface area contributed by atoms with E-state index in [1.807, 2.05) is 45.9 Å². The zero-order valence-electron chi connectivity index (χ0n) is 23.5. The van der Waals surface area contributed by atoms with Gasteiger partial charge >= 0.3 is 6.09 Å². The van der Waals surface area contributed by atoms with Gasteiger partial charge in [0.1, 0.15) is 23.4 Å². The van der Waals surface area contributed by atoms with Crippen LogP contribution in [0.25, 0.3) is 0 Å². The van der Waals surface area contributed by atoms with Crippen molar-refractivity contribution >= 4 is 23.6 Å². The third kappa shape index (κ3) is 8.81. The third-order valence-corrected chi connectivity index (χ3v) is 5.77. The van der Waals surface area contributed by atoms with Gasteiger partial charge in [0.15, 0.2) is 0 Å². The summed E-state index contributed by atoms with van der Waals surface area (Å²) in [5.74, 6) is 0.0383. The highest BCUT2D eigenvalue weighted by Crippen LogP contribution is 2.28. The second-order valence-electron chi connectivity index (χ2n) is 10.8. The minimum absolute atomic E-state index is 0.115. The number of alkyl carbamates (subject to hydrolysis) is 1. The van der Waals surface area contributed by atoms with Crippen molar-refractivity contribution in [1.29, 1.82) is 0 Å².